The Bertz CT molecular complexity index is 540. The molecule has 114 valence electrons. The smallest absolute Gasteiger partial charge is 0.338 e. The molecule has 0 aromatic heterocycles. The number of ether oxygens (including phenoxy) is 2. The molecule has 7 heteroatoms. The predicted octanol–water partition coefficient (Wildman–Crippen LogP) is 2.27. The van der Waals surface area contributed by atoms with Crippen LogP contribution in [-0.4, -0.2) is 30.1 Å². The lowest BCUT2D eigenvalue weighted by molar-refractivity contribution is -0.385. The van der Waals surface area contributed by atoms with Crippen LogP contribution in [0.1, 0.15) is 36.2 Å². The number of carbonyl (C=O) groups is 2. The normalized spacial score (nSPS) is 10.0. The predicted molar refractivity (Wildman–Crippen MR) is 74.0 cm³/mol. The molecule has 0 N–H and O–H groups in total. The van der Waals surface area contributed by atoms with Gasteiger partial charge in [-0.25, -0.2) is 4.79 Å². The van der Waals surface area contributed by atoms with Gasteiger partial charge in [-0.15, -0.1) is 0 Å². The minimum atomic E-state index is -0.639. The van der Waals surface area contributed by atoms with Crippen molar-refractivity contribution in [1.82, 2.24) is 0 Å². The summed E-state index contributed by atoms with van der Waals surface area (Å²) in [5.41, 5.74) is 0.0919. The maximum atomic E-state index is 11.8. The fraction of sp³-hybridized carbons (Fsp3) is 0.429. The Morgan fingerprint density at radius 1 is 1.19 bits per heavy atom. The van der Waals surface area contributed by atoms with Gasteiger partial charge in [-0.05, 0) is 26.3 Å². The molecule has 0 unspecified atom stereocenters. The van der Waals surface area contributed by atoms with Crippen LogP contribution in [0.2, 0.25) is 0 Å². The van der Waals surface area contributed by atoms with Crippen molar-refractivity contribution >= 4 is 17.6 Å². The highest BCUT2D eigenvalue weighted by Gasteiger charge is 2.22. The van der Waals surface area contributed by atoms with Gasteiger partial charge in [0.2, 0.25) is 0 Å². The highest BCUT2D eigenvalue weighted by Crippen LogP contribution is 2.24. The molecule has 0 aliphatic rings. The van der Waals surface area contributed by atoms with Crippen LogP contribution in [0.5, 0.6) is 0 Å². The molecular formula is C14H17NO6. The number of nitro groups is 1. The van der Waals surface area contributed by atoms with Crippen LogP contribution >= 0.6 is 0 Å². The maximum absolute atomic E-state index is 11.8. The Labute approximate surface area is 122 Å². The van der Waals surface area contributed by atoms with Gasteiger partial charge in [0, 0.05) is 18.1 Å². The lowest BCUT2D eigenvalue weighted by Gasteiger charge is -2.09. The summed E-state index contributed by atoms with van der Waals surface area (Å²) in [6.45, 7) is 3.72. The van der Waals surface area contributed by atoms with Crippen LogP contribution in [0.3, 0.4) is 0 Å². The number of nitro benzene ring substituents is 1. The summed E-state index contributed by atoms with van der Waals surface area (Å²) in [5.74, 6) is -1.11. The first-order chi connectivity index (χ1) is 10.0. The van der Waals surface area contributed by atoms with Crippen molar-refractivity contribution in [2.45, 2.75) is 26.7 Å². The highest BCUT2D eigenvalue weighted by molar-refractivity contribution is 5.92. The number of esters is 2. The molecule has 0 heterocycles. The van der Waals surface area contributed by atoms with E-state index in [1.807, 2.05) is 0 Å². The summed E-state index contributed by atoms with van der Waals surface area (Å²) in [7, 11) is 0. The van der Waals surface area contributed by atoms with E-state index in [2.05, 4.69) is 0 Å². The first-order valence-electron chi connectivity index (χ1n) is 6.60. The third-order valence-corrected chi connectivity index (χ3v) is 2.73. The summed E-state index contributed by atoms with van der Waals surface area (Å²) in [5, 5.41) is 11.1. The molecule has 0 aliphatic carbocycles. The zero-order chi connectivity index (χ0) is 15.8. The number of rotatable bonds is 7. The van der Waals surface area contributed by atoms with E-state index < -0.39 is 16.9 Å². The first kappa shape index (κ1) is 16.6. The van der Waals surface area contributed by atoms with Crippen molar-refractivity contribution in [1.29, 1.82) is 0 Å². The van der Waals surface area contributed by atoms with Crippen LogP contribution < -0.4 is 0 Å². The van der Waals surface area contributed by atoms with Crippen LogP contribution in [0.4, 0.5) is 5.69 Å². The summed E-state index contributed by atoms with van der Waals surface area (Å²) in [6.07, 6.45) is 0.00916. The summed E-state index contributed by atoms with van der Waals surface area (Å²) >= 11 is 0. The molecule has 21 heavy (non-hydrogen) atoms. The van der Waals surface area contributed by atoms with Gasteiger partial charge in [-0.1, -0.05) is 6.07 Å². The second-order valence-electron chi connectivity index (χ2n) is 4.09. The number of hydrogen-bond donors (Lipinski definition) is 0. The summed E-state index contributed by atoms with van der Waals surface area (Å²) < 4.78 is 9.67. The van der Waals surface area contributed by atoms with E-state index in [0.717, 1.165) is 0 Å². The average Bonchev–Trinajstić information content (AvgIpc) is 2.45. The van der Waals surface area contributed by atoms with Crippen molar-refractivity contribution in [2.24, 2.45) is 0 Å². The van der Waals surface area contributed by atoms with Crippen LogP contribution in [0, 0.1) is 10.1 Å². The summed E-state index contributed by atoms with van der Waals surface area (Å²) in [4.78, 5) is 33.7. The number of hydrogen-bond acceptors (Lipinski definition) is 6. The van der Waals surface area contributed by atoms with Crippen molar-refractivity contribution < 1.29 is 24.0 Å². The molecule has 0 saturated carbocycles. The van der Waals surface area contributed by atoms with E-state index in [0.29, 0.717) is 0 Å². The lowest BCUT2D eigenvalue weighted by atomic mass is 10.0. The standard InChI is InChI=1S/C14H17NO6/c1-3-20-13(16)9-8-10-11(14(17)21-4-2)6-5-7-12(10)15(18)19/h5-7H,3-4,8-9H2,1-2H3. The molecule has 1 aromatic carbocycles. The van der Waals surface area contributed by atoms with Gasteiger partial charge in [0.05, 0.1) is 23.7 Å². The van der Waals surface area contributed by atoms with Gasteiger partial charge in [-0.3, -0.25) is 14.9 Å². The Morgan fingerprint density at radius 3 is 2.43 bits per heavy atom. The van der Waals surface area contributed by atoms with Crippen molar-refractivity contribution in [3.8, 4) is 0 Å². The monoisotopic (exact) mass is 295 g/mol. The third kappa shape index (κ3) is 4.55. The molecule has 7 nitrogen and oxygen atoms in total. The van der Waals surface area contributed by atoms with Gasteiger partial charge in [0.25, 0.3) is 5.69 Å². The van der Waals surface area contributed by atoms with E-state index in [9.17, 15) is 19.7 Å². The SMILES string of the molecule is CCOC(=O)CCc1c(C(=O)OCC)cccc1[N+](=O)[O-]. The van der Waals surface area contributed by atoms with E-state index in [1.165, 1.54) is 18.2 Å². The Balaban J connectivity index is 3.08. The van der Waals surface area contributed by atoms with Crippen LogP contribution in [0.25, 0.3) is 0 Å². The van der Waals surface area contributed by atoms with E-state index in [4.69, 9.17) is 9.47 Å². The molecule has 1 rings (SSSR count). The molecule has 0 amide bonds. The minimum absolute atomic E-state index is 0.0366. The topological polar surface area (TPSA) is 95.7 Å². The second-order valence-corrected chi connectivity index (χ2v) is 4.09. The lowest BCUT2D eigenvalue weighted by Crippen LogP contribution is -2.12. The fourth-order valence-electron chi connectivity index (χ4n) is 1.87. The Kier molecular flexibility index (Phi) is 6.32. The van der Waals surface area contributed by atoms with Crippen molar-refractivity contribution in [3.05, 3.63) is 39.4 Å². The largest absolute Gasteiger partial charge is 0.466 e. The number of nitrogens with zero attached hydrogens (tertiary/aromatic N) is 1. The van der Waals surface area contributed by atoms with Gasteiger partial charge in [-0.2, -0.15) is 0 Å². The van der Waals surface area contributed by atoms with E-state index in [-0.39, 0.29) is 42.9 Å². The second kappa shape index (κ2) is 7.98. The molecule has 0 atom stereocenters. The molecule has 0 saturated heterocycles. The van der Waals surface area contributed by atoms with Gasteiger partial charge < -0.3 is 9.47 Å². The highest BCUT2D eigenvalue weighted by atomic mass is 16.6. The van der Waals surface area contributed by atoms with Crippen molar-refractivity contribution in [3.63, 3.8) is 0 Å². The average molecular weight is 295 g/mol. The zero-order valence-corrected chi connectivity index (χ0v) is 12.0. The molecule has 0 aliphatic heterocycles. The third-order valence-electron chi connectivity index (χ3n) is 2.73. The molecule has 1 aromatic rings. The summed E-state index contributed by atoms with van der Waals surface area (Å²) in [6, 6.07) is 4.16. The quantitative estimate of drug-likeness (QED) is 0.435. The van der Waals surface area contributed by atoms with Gasteiger partial charge in [0.1, 0.15) is 0 Å². The molecule has 0 fully saturated rings. The molecule has 0 radical (unpaired) electrons. The van der Waals surface area contributed by atoms with E-state index >= 15 is 0 Å². The van der Waals surface area contributed by atoms with Crippen LogP contribution in [0.15, 0.2) is 18.2 Å². The van der Waals surface area contributed by atoms with Crippen molar-refractivity contribution in [2.75, 3.05) is 13.2 Å². The van der Waals surface area contributed by atoms with Gasteiger partial charge >= 0.3 is 11.9 Å². The fourth-order valence-corrected chi connectivity index (χ4v) is 1.87. The number of benzene rings is 1. The molecule has 0 spiro atoms. The minimum Gasteiger partial charge on any atom is -0.466 e. The molecule has 0 bridgehead atoms. The Hall–Kier alpha value is -2.44. The van der Waals surface area contributed by atoms with Gasteiger partial charge in [0.15, 0.2) is 0 Å². The zero-order valence-electron chi connectivity index (χ0n) is 12.0. The molecular weight excluding hydrogens is 278 g/mol. The maximum Gasteiger partial charge on any atom is 0.338 e. The van der Waals surface area contributed by atoms with Crippen LogP contribution in [-0.2, 0) is 20.7 Å². The number of carbonyl (C=O) groups excluding carboxylic acids is 2. The van der Waals surface area contributed by atoms with E-state index in [1.54, 1.807) is 13.8 Å². The first-order valence-corrected chi connectivity index (χ1v) is 6.60. The Morgan fingerprint density at radius 2 is 1.86 bits per heavy atom.